The molecular formula is C11H13Cl2NO2. The number of carboxylic acids is 1. The van der Waals surface area contributed by atoms with E-state index in [2.05, 4.69) is 0 Å². The minimum atomic E-state index is -0.851. The predicted octanol–water partition coefficient (Wildman–Crippen LogP) is 2.90. The van der Waals surface area contributed by atoms with Gasteiger partial charge in [-0.3, -0.25) is 9.69 Å². The third-order valence-electron chi connectivity index (χ3n) is 2.37. The molecule has 1 aromatic rings. The molecule has 0 bridgehead atoms. The Labute approximate surface area is 105 Å². The molecule has 1 aromatic carbocycles. The Balaban J connectivity index is 2.76. The Kier molecular flexibility index (Phi) is 4.59. The number of carboxylic acid groups (broad SMARTS) is 1. The zero-order valence-electron chi connectivity index (χ0n) is 9.08. The Morgan fingerprint density at radius 2 is 1.88 bits per heavy atom. The summed E-state index contributed by atoms with van der Waals surface area (Å²) in [6.07, 6.45) is 0. The standard InChI is InChI=1S/C11H13Cl2NO2/c1-7(11(15)16)14(2)6-8-3-9(12)5-10(13)4-8/h3-5,7H,6H2,1-2H3,(H,15,16). The summed E-state index contributed by atoms with van der Waals surface area (Å²) in [4.78, 5) is 12.5. The van der Waals surface area contributed by atoms with Gasteiger partial charge < -0.3 is 5.11 Å². The van der Waals surface area contributed by atoms with Gasteiger partial charge in [0, 0.05) is 16.6 Å². The number of aliphatic carboxylic acids is 1. The molecule has 0 fully saturated rings. The first-order chi connectivity index (χ1) is 7.40. The fourth-order valence-electron chi connectivity index (χ4n) is 1.32. The highest BCUT2D eigenvalue weighted by Gasteiger charge is 2.16. The molecule has 1 unspecified atom stereocenters. The maximum absolute atomic E-state index is 10.8. The van der Waals surface area contributed by atoms with E-state index in [4.69, 9.17) is 28.3 Å². The van der Waals surface area contributed by atoms with Gasteiger partial charge in [-0.05, 0) is 37.7 Å². The maximum atomic E-state index is 10.8. The van der Waals surface area contributed by atoms with Gasteiger partial charge in [0.25, 0.3) is 0 Å². The van der Waals surface area contributed by atoms with Crippen LogP contribution in [0.4, 0.5) is 0 Å². The minimum absolute atomic E-state index is 0.494. The number of benzene rings is 1. The summed E-state index contributed by atoms with van der Waals surface area (Å²) >= 11 is 11.7. The van der Waals surface area contributed by atoms with Crippen LogP contribution in [0.1, 0.15) is 12.5 Å². The molecule has 0 saturated heterocycles. The van der Waals surface area contributed by atoms with Crippen LogP contribution in [-0.2, 0) is 11.3 Å². The minimum Gasteiger partial charge on any atom is -0.480 e. The van der Waals surface area contributed by atoms with Crippen molar-refractivity contribution in [1.82, 2.24) is 4.90 Å². The lowest BCUT2D eigenvalue weighted by Crippen LogP contribution is -2.35. The van der Waals surface area contributed by atoms with E-state index in [1.807, 2.05) is 0 Å². The van der Waals surface area contributed by atoms with Crippen molar-refractivity contribution in [2.45, 2.75) is 19.5 Å². The molecule has 16 heavy (non-hydrogen) atoms. The summed E-state index contributed by atoms with van der Waals surface area (Å²) in [5, 5.41) is 9.95. The highest BCUT2D eigenvalue weighted by molar-refractivity contribution is 6.34. The zero-order chi connectivity index (χ0) is 12.3. The first-order valence-electron chi connectivity index (χ1n) is 4.78. The fourth-order valence-corrected chi connectivity index (χ4v) is 1.89. The van der Waals surface area contributed by atoms with Crippen LogP contribution >= 0.6 is 23.2 Å². The molecule has 0 saturated carbocycles. The molecule has 0 amide bonds. The van der Waals surface area contributed by atoms with Gasteiger partial charge in [-0.1, -0.05) is 23.2 Å². The lowest BCUT2D eigenvalue weighted by molar-refractivity contribution is -0.142. The molecule has 3 nitrogen and oxygen atoms in total. The van der Waals surface area contributed by atoms with Crippen LogP contribution < -0.4 is 0 Å². The van der Waals surface area contributed by atoms with Crippen LogP contribution in [0.5, 0.6) is 0 Å². The summed E-state index contributed by atoms with van der Waals surface area (Å²) in [6.45, 7) is 2.13. The Morgan fingerprint density at radius 3 is 2.31 bits per heavy atom. The van der Waals surface area contributed by atoms with Crippen molar-refractivity contribution >= 4 is 29.2 Å². The lowest BCUT2D eigenvalue weighted by Gasteiger charge is -2.21. The van der Waals surface area contributed by atoms with Crippen LogP contribution in [0.3, 0.4) is 0 Å². The van der Waals surface area contributed by atoms with Crippen molar-refractivity contribution in [1.29, 1.82) is 0 Å². The van der Waals surface area contributed by atoms with Gasteiger partial charge >= 0.3 is 5.97 Å². The second-order valence-electron chi connectivity index (χ2n) is 3.71. The third kappa shape index (κ3) is 3.67. The quantitative estimate of drug-likeness (QED) is 0.906. The van der Waals surface area contributed by atoms with Crippen molar-refractivity contribution < 1.29 is 9.90 Å². The van der Waals surface area contributed by atoms with Gasteiger partial charge in [0.2, 0.25) is 0 Å². The number of nitrogens with zero attached hydrogens (tertiary/aromatic N) is 1. The smallest absolute Gasteiger partial charge is 0.320 e. The molecule has 1 rings (SSSR count). The van der Waals surface area contributed by atoms with Crippen LogP contribution in [-0.4, -0.2) is 29.1 Å². The van der Waals surface area contributed by atoms with Crippen molar-refractivity contribution in [3.8, 4) is 0 Å². The summed E-state index contributed by atoms with van der Waals surface area (Å²) in [7, 11) is 1.74. The summed E-state index contributed by atoms with van der Waals surface area (Å²) in [5.41, 5.74) is 0.896. The Hall–Kier alpha value is -0.770. The van der Waals surface area contributed by atoms with Crippen molar-refractivity contribution in [2.75, 3.05) is 7.05 Å². The van der Waals surface area contributed by atoms with Crippen molar-refractivity contribution in [3.05, 3.63) is 33.8 Å². The van der Waals surface area contributed by atoms with Gasteiger partial charge in [-0.15, -0.1) is 0 Å². The number of hydrogen-bond donors (Lipinski definition) is 1. The van der Waals surface area contributed by atoms with E-state index in [9.17, 15) is 4.79 Å². The lowest BCUT2D eigenvalue weighted by atomic mass is 10.2. The van der Waals surface area contributed by atoms with Crippen molar-refractivity contribution in [3.63, 3.8) is 0 Å². The van der Waals surface area contributed by atoms with Crippen LogP contribution in [0.15, 0.2) is 18.2 Å². The molecular weight excluding hydrogens is 249 g/mol. The van der Waals surface area contributed by atoms with Gasteiger partial charge in [-0.2, -0.15) is 0 Å². The van der Waals surface area contributed by atoms with Gasteiger partial charge in [-0.25, -0.2) is 0 Å². The second kappa shape index (κ2) is 5.53. The van der Waals surface area contributed by atoms with Crippen LogP contribution in [0.25, 0.3) is 0 Å². The molecule has 0 heterocycles. The number of hydrogen-bond acceptors (Lipinski definition) is 2. The monoisotopic (exact) mass is 261 g/mol. The number of carbonyl (C=O) groups is 1. The van der Waals surface area contributed by atoms with Gasteiger partial charge in [0.15, 0.2) is 0 Å². The summed E-state index contributed by atoms with van der Waals surface area (Å²) in [5.74, 6) is -0.851. The summed E-state index contributed by atoms with van der Waals surface area (Å²) < 4.78 is 0. The second-order valence-corrected chi connectivity index (χ2v) is 4.58. The van der Waals surface area contributed by atoms with E-state index in [0.29, 0.717) is 16.6 Å². The normalized spacial score (nSPS) is 12.8. The van der Waals surface area contributed by atoms with E-state index in [1.165, 1.54) is 0 Å². The highest BCUT2D eigenvalue weighted by Crippen LogP contribution is 2.20. The molecule has 1 atom stereocenters. The van der Waals surface area contributed by atoms with E-state index in [1.54, 1.807) is 37.1 Å². The van der Waals surface area contributed by atoms with E-state index in [-0.39, 0.29) is 0 Å². The van der Waals surface area contributed by atoms with E-state index in [0.717, 1.165) is 5.56 Å². The molecule has 0 aliphatic heterocycles. The van der Waals surface area contributed by atoms with Gasteiger partial charge in [0.05, 0.1) is 0 Å². The van der Waals surface area contributed by atoms with Crippen molar-refractivity contribution in [2.24, 2.45) is 0 Å². The molecule has 0 spiro atoms. The molecule has 0 aliphatic carbocycles. The van der Waals surface area contributed by atoms with Crippen LogP contribution in [0, 0.1) is 0 Å². The largest absolute Gasteiger partial charge is 0.480 e. The molecule has 5 heteroatoms. The number of rotatable bonds is 4. The number of likely N-dealkylation sites (N-methyl/N-ethyl adjacent to an activating group) is 1. The highest BCUT2D eigenvalue weighted by atomic mass is 35.5. The molecule has 0 aliphatic rings. The van der Waals surface area contributed by atoms with Crippen LogP contribution in [0.2, 0.25) is 10.0 Å². The fraction of sp³-hybridized carbons (Fsp3) is 0.364. The topological polar surface area (TPSA) is 40.5 Å². The predicted molar refractivity (Wildman–Crippen MR) is 65.0 cm³/mol. The average molecular weight is 262 g/mol. The Bertz CT molecular complexity index is 375. The first-order valence-corrected chi connectivity index (χ1v) is 5.53. The molecule has 1 N–H and O–H groups in total. The maximum Gasteiger partial charge on any atom is 0.320 e. The average Bonchev–Trinajstić information content (AvgIpc) is 2.14. The summed E-state index contributed by atoms with van der Waals surface area (Å²) in [6, 6.07) is 4.65. The number of halogens is 2. The SMILES string of the molecule is CC(C(=O)O)N(C)Cc1cc(Cl)cc(Cl)c1. The first kappa shape index (κ1) is 13.3. The van der Waals surface area contributed by atoms with E-state index >= 15 is 0 Å². The molecule has 0 aromatic heterocycles. The van der Waals surface area contributed by atoms with E-state index < -0.39 is 12.0 Å². The molecule has 88 valence electrons. The molecule has 0 radical (unpaired) electrons. The third-order valence-corrected chi connectivity index (χ3v) is 2.81. The zero-order valence-corrected chi connectivity index (χ0v) is 10.6. The Morgan fingerprint density at radius 1 is 1.38 bits per heavy atom. The van der Waals surface area contributed by atoms with Gasteiger partial charge in [0.1, 0.15) is 6.04 Å².